The van der Waals surface area contributed by atoms with Gasteiger partial charge >= 0.3 is 0 Å². The summed E-state index contributed by atoms with van der Waals surface area (Å²) in [5, 5.41) is 0.725. The minimum absolute atomic E-state index is 0.114. The first kappa shape index (κ1) is 14.4. The molecule has 1 aromatic carbocycles. The lowest BCUT2D eigenvalue weighted by Crippen LogP contribution is -2.29. The highest BCUT2D eigenvalue weighted by Gasteiger charge is 2.23. The van der Waals surface area contributed by atoms with E-state index in [9.17, 15) is 4.79 Å². The van der Waals surface area contributed by atoms with Crippen molar-refractivity contribution in [2.24, 2.45) is 5.84 Å². The number of benzene rings is 1. The first-order chi connectivity index (χ1) is 11.2. The van der Waals surface area contributed by atoms with E-state index < -0.39 is 0 Å². The Balaban J connectivity index is 1.66. The van der Waals surface area contributed by atoms with Gasteiger partial charge < -0.3 is 0 Å². The normalized spacial score (nSPS) is 14.8. The molecule has 0 spiro atoms. The Morgan fingerprint density at radius 3 is 2.96 bits per heavy atom. The van der Waals surface area contributed by atoms with Crippen LogP contribution < -0.4 is 16.8 Å². The molecule has 0 fully saturated rings. The smallest absolute Gasteiger partial charge is 0.261 e. The number of nitrogens with zero attached hydrogens (tertiary/aromatic N) is 2. The van der Waals surface area contributed by atoms with Gasteiger partial charge in [-0.05, 0) is 17.5 Å². The van der Waals surface area contributed by atoms with E-state index in [2.05, 4.69) is 44.6 Å². The van der Waals surface area contributed by atoms with Crippen LogP contribution in [0.25, 0.3) is 10.2 Å². The maximum Gasteiger partial charge on any atom is 0.261 e. The van der Waals surface area contributed by atoms with Gasteiger partial charge in [-0.15, -0.1) is 11.3 Å². The summed E-state index contributed by atoms with van der Waals surface area (Å²) in [7, 11) is 0. The Bertz CT molecular complexity index is 902. The number of thiophene rings is 1. The Morgan fingerprint density at radius 2 is 2.17 bits per heavy atom. The van der Waals surface area contributed by atoms with Gasteiger partial charge in [0.05, 0.1) is 5.39 Å². The topological polar surface area (TPSA) is 87.0 Å². The van der Waals surface area contributed by atoms with Gasteiger partial charge in [0, 0.05) is 24.5 Å². The number of H-pyrrole nitrogens is 1. The van der Waals surface area contributed by atoms with E-state index in [4.69, 9.17) is 5.84 Å². The fraction of sp³-hybridized carbons (Fsp3) is 0.250. The summed E-state index contributed by atoms with van der Waals surface area (Å²) in [6, 6.07) is 10.5. The number of hydrogen-bond acceptors (Lipinski definition) is 6. The summed E-state index contributed by atoms with van der Waals surface area (Å²) >= 11 is 1.59. The van der Waals surface area contributed by atoms with Gasteiger partial charge in [0.2, 0.25) is 5.95 Å². The zero-order valence-corrected chi connectivity index (χ0v) is 13.3. The number of nitrogen functional groups attached to an aromatic ring is 1. The maximum absolute atomic E-state index is 12.3. The molecule has 118 valence electrons. The summed E-state index contributed by atoms with van der Waals surface area (Å²) < 4.78 is 0. The fourth-order valence-corrected chi connectivity index (χ4v) is 4.36. The fourth-order valence-electron chi connectivity index (χ4n) is 3.10. The molecule has 0 unspecified atom stereocenters. The second kappa shape index (κ2) is 5.77. The first-order valence-electron chi connectivity index (χ1n) is 7.52. The standard InChI is InChI=1S/C16H17N5OS/c17-20-16-18-14(22)13-11-6-7-21(8-10-4-2-1-3-5-10)9-12(11)23-15(13)19-16/h1-5H,6-9,17H2,(H2,18,19,20,22). The third-order valence-corrected chi connectivity index (χ3v) is 5.29. The molecular formula is C16H17N5OS. The zero-order chi connectivity index (χ0) is 15.8. The minimum atomic E-state index is -0.114. The summed E-state index contributed by atoms with van der Waals surface area (Å²) in [5.41, 5.74) is 4.75. The Morgan fingerprint density at radius 1 is 1.35 bits per heavy atom. The summed E-state index contributed by atoms with van der Waals surface area (Å²) in [6.45, 7) is 2.73. The second-order valence-corrected chi connectivity index (χ2v) is 6.77. The summed E-state index contributed by atoms with van der Waals surface area (Å²) in [6.07, 6.45) is 0.877. The molecule has 6 nitrogen and oxygen atoms in total. The van der Waals surface area contributed by atoms with Gasteiger partial charge in [0.1, 0.15) is 4.83 Å². The quantitative estimate of drug-likeness (QED) is 0.505. The van der Waals surface area contributed by atoms with E-state index >= 15 is 0 Å². The van der Waals surface area contributed by atoms with E-state index in [1.807, 2.05) is 6.07 Å². The van der Waals surface area contributed by atoms with Crippen molar-refractivity contribution in [2.45, 2.75) is 19.5 Å². The molecule has 1 aliphatic heterocycles. The molecule has 0 saturated carbocycles. The Labute approximate surface area is 136 Å². The monoisotopic (exact) mass is 327 g/mol. The van der Waals surface area contributed by atoms with Crippen LogP contribution in [0, 0.1) is 0 Å². The van der Waals surface area contributed by atoms with Crippen molar-refractivity contribution in [1.29, 1.82) is 0 Å². The van der Waals surface area contributed by atoms with Gasteiger partial charge in [-0.2, -0.15) is 0 Å². The SMILES string of the molecule is NNc1nc2sc3c(c2c(=O)[nH]1)CCN(Cc1ccccc1)C3. The number of anilines is 1. The third kappa shape index (κ3) is 2.63. The van der Waals surface area contributed by atoms with Gasteiger partial charge in [0.25, 0.3) is 5.56 Å². The van der Waals surface area contributed by atoms with Crippen LogP contribution in [0.1, 0.15) is 16.0 Å². The van der Waals surface area contributed by atoms with E-state index in [-0.39, 0.29) is 5.56 Å². The van der Waals surface area contributed by atoms with Crippen LogP contribution in [0.5, 0.6) is 0 Å². The molecule has 4 rings (SSSR count). The maximum atomic E-state index is 12.3. The molecule has 0 bridgehead atoms. The highest BCUT2D eigenvalue weighted by Crippen LogP contribution is 2.33. The number of aromatic amines is 1. The molecule has 23 heavy (non-hydrogen) atoms. The van der Waals surface area contributed by atoms with Crippen LogP contribution in [0.2, 0.25) is 0 Å². The summed E-state index contributed by atoms with van der Waals surface area (Å²) in [4.78, 5) is 23.7. The third-order valence-electron chi connectivity index (χ3n) is 4.18. The molecular weight excluding hydrogens is 310 g/mol. The number of nitrogens with two attached hydrogens (primary N) is 1. The molecule has 7 heteroatoms. The number of aromatic nitrogens is 2. The number of hydrogen-bond donors (Lipinski definition) is 3. The number of fused-ring (bicyclic) bond motifs is 3. The van der Waals surface area contributed by atoms with Crippen LogP contribution in [-0.2, 0) is 19.5 Å². The Kier molecular flexibility index (Phi) is 3.60. The average Bonchev–Trinajstić information content (AvgIpc) is 2.93. The van der Waals surface area contributed by atoms with Crippen molar-refractivity contribution in [3.05, 3.63) is 56.7 Å². The number of hydrazine groups is 1. The van der Waals surface area contributed by atoms with Gasteiger partial charge in [-0.25, -0.2) is 10.8 Å². The molecule has 0 aliphatic carbocycles. The van der Waals surface area contributed by atoms with Crippen molar-refractivity contribution in [2.75, 3.05) is 12.0 Å². The van der Waals surface area contributed by atoms with Gasteiger partial charge in [-0.1, -0.05) is 30.3 Å². The molecule has 0 atom stereocenters. The number of rotatable bonds is 3. The van der Waals surface area contributed by atoms with Crippen molar-refractivity contribution in [3.63, 3.8) is 0 Å². The zero-order valence-electron chi connectivity index (χ0n) is 12.5. The van der Waals surface area contributed by atoms with E-state index in [1.165, 1.54) is 10.4 Å². The lowest BCUT2D eigenvalue weighted by atomic mass is 10.0. The highest BCUT2D eigenvalue weighted by molar-refractivity contribution is 7.18. The van der Waals surface area contributed by atoms with Crippen molar-refractivity contribution in [3.8, 4) is 0 Å². The Hall–Kier alpha value is -2.22. The van der Waals surface area contributed by atoms with Crippen molar-refractivity contribution >= 4 is 27.5 Å². The van der Waals surface area contributed by atoms with Gasteiger partial charge in [-0.3, -0.25) is 20.1 Å². The lowest BCUT2D eigenvalue weighted by Gasteiger charge is -2.26. The molecule has 0 amide bonds. The van der Waals surface area contributed by atoms with Crippen LogP contribution >= 0.6 is 11.3 Å². The predicted molar refractivity (Wildman–Crippen MR) is 92.3 cm³/mol. The van der Waals surface area contributed by atoms with Crippen molar-refractivity contribution < 1.29 is 0 Å². The molecule has 3 heterocycles. The minimum Gasteiger partial charge on any atom is -0.294 e. The van der Waals surface area contributed by atoms with E-state index in [0.29, 0.717) is 5.95 Å². The molecule has 1 aliphatic rings. The highest BCUT2D eigenvalue weighted by atomic mass is 32.1. The average molecular weight is 327 g/mol. The van der Waals surface area contributed by atoms with Crippen LogP contribution in [-0.4, -0.2) is 21.4 Å². The first-order valence-corrected chi connectivity index (χ1v) is 8.33. The second-order valence-electron chi connectivity index (χ2n) is 5.69. The predicted octanol–water partition coefficient (Wildman–Crippen LogP) is 1.83. The van der Waals surface area contributed by atoms with Crippen LogP contribution in [0.15, 0.2) is 35.1 Å². The molecule has 0 saturated heterocycles. The largest absolute Gasteiger partial charge is 0.294 e. The van der Waals surface area contributed by atoms with Gasteiger partial charge in [0.15, 0.2) is 0 Å². The molecule has 4 N–H and O–H groups in total. The summed E-state index contributed by atoms with van der Waals surface area (Å²) in [5.74, 6) is 5.66. The molecule has 2 aromatic heterocycles. The van der Waals surface area contributed by atoms with Crippen LogP contribution in [0.3, 0.4) is 0 Å². The number of nitrogens with one attached hydrogen (secondary N) is 2. The van der Waals surface area contributed by atoms with Crippen molar-refractivity contribution in [1.82, 2.24) is 14.9 Å². The van der Waals surface area contributed by atoms with E-state index in [1.54, 1.807) is 11.3 Å². The molecule has 3 aromatic rings. The lowest BCUT2D eigenvalue weighted by molar-refractivity contribution is 0.249. The van der Waals surface area contributed by atoms with E-state index in [0.717, 1.165) is 41.8 Å². The molecule has 0 radical (unpaired) electrons. The van der Waals surface area contributed by atoms with Crippen LogP contribution in [0.4, 0.5) is 5.95 Å².